The quantitative estimate of drug-likeness (QED) is 0.706. The van der Waals surface area contributed by atoms with Crippen molar-refractivity contribution < 1.29 is 14.3 Å². The van der Waals surface area contributed by atoms with E-state index in [0.29, 0.717) is 6.42 Å². The Morgan fingerprint density at radius 3 is 2.89 bits per heavy atom. The van der Waals surface area contributed by atoms with Gasteiger partial charge in [0.15, 0.2) is 0 Å². The molecule has 1 heterocycles. The lowest BCUT2D eigenvalue weighted by molar-refractivity contribution is -0.140. The Kier molecular flexibility index (Phi) is 7.48. The van der Waals surface area contributed by atoms with Crippen molar-refractivity contribution in [2.75, 3.05) is 33.3 Å². The summed E-state index contributed by atoms with van der Waals surface area (Å²) in [5.74, 6) is 0.132. The monoisotopic (exact) mass is 270 g/mol. The summed E-state index contributed by atoms with van der Waals surface area (Å²) in [6.45, 7) is 5.53. The lowest BCUT2D eigenvalue weighted by Crippen LogP contribution is -2.43. The summed E-state index contributed by atoms with van der Waals surface area (Å²) in [4.78, 5) is 25.2. The van der Waals surface area contributed by atoms with Crippen molar-refractivity contribution in [3.63, 3.8) is 0 Å². The molecule has 110 valence electrons. The molecule has 1 unspecified atom stereocenters. The molecular weight excluding hydrogens is 244 g/mol. The summed E-state index contributed by atoms with van der Waals surface area (Å²) in [5, 5.41) is 2.97. The number of methoxy groups -OCH3 is 1. The highest BCUT2D eigenvalue weighted by atomic mass is 16.5. The van der Waals surface area contributed by atoms with Crippen LogP contribution >= 0.6 is 0 Å². The van der Waals surface area contributed by atoms with E-state index in [1.807, 2.05) is 0 Å². The van der Waals surface area contributed by atoms with Gasteiger partial charge in [0.1, 0.15) is 0 Å². The van der Waals surface area contributed by atoms with Crippen LogP contribution in [0.3, 0.4) is 0 Å². The average Bonchev–Trinajstić information content (AvgIpc) is 2.44. The van der Waals surface area contributed by atoms with Crippen LogP contribution in [0.5, 0.6) is 0 Å². The molecule has 0 saturated carbocycles. The molecule has 19 heavy (non-hydrogen) atoms. The van der Waals surface area contributed by atoms with Gasteiger partial charge < -0.3 is 15.0 Å². The number of carbonyl (C=O) groups is 2. The molecule has 0 radical (unpaired) electrons. The van der Waals surface area contributed by atoms with E-state index in [0.717, 1.165) is 51.9 Å². The molecule has 0 aliphatic carbocycles. The fourth-order valence-electron chi connectivity index (χ4n) is 2.41. The topological polar surface area (TPSA) is 58.6 Å². The SMILES string of the molecule is CCCNC(=O)C1CCCN(CCCC(=O)OC)C1. The van der Waals surface area contributed by atoms with Crippen molar-refractivity contribution in [3.05, 3.63) is 0 Å². The lowest BCUT2D eigenvalue weighted by Gasteiger charge is -2.31. The predicted octanol–water partition coefficient (Wildman–Crippen LogP) is 1.18. The molecule has 0 spiro atoms. The molecule has 0 aromatic rings. The number of esters is 1. The summed E-state index contributed by atoms with van der Waals surface area (Å²) in [5.41, 5.74) is 0. The Morgan fingerprint density at radius 2 is 2.21 bits per heavy atom. The Labute approximate surface area is 115 Å². The lowest BCUT2D eigenvalue weighted by atomic mass is 9.97. The predicted molar refractivity (Wildman–Crippen MR) is 73.7 cm³/mol. The van der Waals surface area contributed by atoms with Crippen LogP contribution in [0.2, 0.25) is 0 Å². The zero-order valence-corrected chi connectivity index (χ0v) is 12.1. The van der Waals surface area contributed by atoms with Gasteiger partial charge in [-0.25, -0.2) is 0 Å². The number of carbonyl (C=O) groups excluding carboxylic acids is 2. The first-order valence-electron chi connectivity index (χ1n) is 7.24. The Bertz CT molecular complexity index is 294. The van der Waals surface area contributed by atoms with Gasteiger partial charge in [0, 0.05) is 19.5 Å². The molecule has 1 amide bonds. The van der Waals surface area contributed by atoms with E-state index in [9.17, 15) is 9.59 Å². The van der Waals surface area contributed by atoms with E-state index in [-0.39, 0.29) is 17.8 Å². The molecule has 0 bridgehead atoms. The first-order valence-corrected chi connectivity index (χ1v) is 7.24. The fraction of sp³-hybridized carbons (Fsp3) is 0.857. The minimum absolute atomic E-state index is 0.110. The van der Waals surface area contributed by atoms with Gasteiger partial charge in [-0.05, 0) is 38.8 Å². The van der Waals surface area contributed by atoms with Crippen LogP contribution < -0.4 is 5.32 Å². The van der Waals surface area contributed by atoms with Crippen molar-refractivity contribution in [1.29, 1.82) is 0 Å². The highest BCUT2D eigenvalue weighted by Crippen LogP contribution is 2.17. The summed E-state index contributed by atoms with van der Waals surface area (Å²) >= 11 is 0. The second-order valence-corrected chi connectivity index (χ2v) is 5.11. The minimum atomic E-state index is -0.158. The molecule has 0 aromatic heterocycles. The van der Waals surface area contributed by atoms with Gasteiger partial charge in [0.25, 0.3) is 0 Å². The Balaban J connectivity index is 2.25. The first-order chi connectivity index (χ1) is 9.17. The number of ether oxygens (including phenoxy) is 1. The largest absolute Gasteiger partial charge is 0.469 e. The van der Waals surface area contributed by atoms with E-state index < -0.39 is 0 Å². The van der Waals surface area contributed by atoms with Crippen molar-refractivity contribution in [1.82, 2.24) is 10.2 Å². The van der Waals surface area contributed by atoms with Crippen LogP contribution in [0.15, 0.2) is 0 Å². The summed E-state index contributed by atoms with van der Waals surface area (Å²) in [6, 6.07) is 0. The number of amides is 1. The van der Waals surface area contributed by atoms with E-state index in [1.54, 1.807) is 0 Å². The van der Waals surface area contributed by atoms with E-state index in [2.05, 4.69) is 21.9 Å². The molecule has 1 saturated heterocycles. The summed E-state index contributed by atoms with van der Waals surface area (Å²) in [7, 11) is 1.41. The number of nitrogens with zero attached hydrogens (tertiary/aromatic N) is 1. The third-order valence-electron chi connectivity index (χ3n) is 3.51. The third kappa shape index (κ3) is 6.05. The number of hydrogen-bond acceptors (Lipinski definition) is 4. The maximum Gasteiger partial charge on any atom is 0.305 e. The van der Waals surface area contributed by atoms with E-state index >= 15 is 0 Å². The molecule has 5 nitrogen and oxygen atoms in total. The zero-order valence-electron chi connectivity index (χ0n) is 12.1. The van der Waals surface area contributed by atoms with E-state index in [4.69, 9.17) is 0 Å². The molecule has 0 aromatic carbocycles. The maximum atomic E-state index is 11.9. The molecule has 5 heteroatoms. The number of nitrogens with one attached hydrogen (secondary N) is 1. The maximum absolute atomic E-state index is 11.9. The van der Waals surface area contributed by atoms with Gasteiger partial charge in [0.05, 0.1) is 13.0 Å². The average molecular weight is 270 g/mol. The van der Waals surface area contributed by atoms with Gasteiger partial charge in [-0.1, -0.05) is 6.92 Å². The van der Waals surface area contributed by atoms with E-state index in [1.165, 1.54) is 7.11 Å². The molecule has 1 aliphatic heterocycles. The van der Waals surface area contributed by atoms with Gasteiger partial charge in [0.2, 0.25) is 5.91 Å². The second-order valence-electron chi connectivity index (χ2n) is 5.11. The smallest absolute Gasteiger partial charge is 0.305 e. The van der Waals surface area contributed by atoms with Gasteiger partial charge in [-0.2, -0.15) is 0 Å². The van der Waals surface area contributed by atoms with Crippen molar-refractivity contribution in [2.24, 2.45) is 5.92 Å². The molecule has 1 N–H and O–H groups in total. The first kappa shape index (κ1) is 16.0. The van der Waals surface area contributed by atoms with Gasteiger partial charge in [-0.3, -0.25) is 9.59 Å². The van der Waals surface area contributed by atoms with Crippen LogP contribution in [-0.4, -0.2) is 50.1 Å². The Morgan fingerprint density at radius 1 is 1.42 bits per heavy atom. The van der Waals surface area contributed by atoms with Crippen LogP contribution in [0.1, 0.15) is 39.0 Å². The Hall–Kier alpha value is -1.10. The third-order valence-corrected chi connectivity index (χ3v) is 3.51. The second kappa shape index (κ2) is 8.91. The van der Waals surface area contributed by atoms with Crippen molar-refractivity contribution in [2.45, 2.75) is 39.0 Å². The molecule has 1 rings (SSSR count). The molecule has 1 fully saturated rings. The highest BCUT2D eigenvalue weighted by molar-refractivity contribution is 5.78. The number of likely N-dealkylation sites (tertiary alicyclic amines) is 1. The zero-order chi connectivity index (χ0) is 14.1. The number of hydrogen-bond donors (Lipinski definition) is 1. The van der Waals surface area contributed by atoms with Crippen LogP contribution in [0, 0.1) is 5.92 Å². The van der Waals surface area contributed by atoms with Crippen LogP contribution in [-0.2, 0) is 14.3 Å². The normalized spacial score (nSPS) is 20.0. The number of rotatable bonds is 7. The highest BCUT2D eigenvalue weighted by Gasteiger charge is 2.25. The molecule has 1 aliphatic rings. The van der Waals surface area contributed by atoms with Gasteiger partial charge >= 0.3 is 5.97 Å². The van der Waals surface area contributed by atoms with Crippen LogP contribution in [0.25, 0.3) is 0 Å². The van der Waals surface area contributed by atoms with Crippen molar-refractivity contribution >= 4 is 11.9 Å². The summed E-state index contributed by atoms with van der Waals surface area (Å²) < 4.78 is 4.62. The van der Waals surface area contributed by atoms with Gasteiger partial charge in [-0.15, -0.1) is 0 Å². The molecule has 1 atom stereocenters. The minimum Gasteiger partial charge on any atom is -0.469 e. The van der Waals surface area contributed by atoms with Crippen molar-refractivity contribution in [3.8, 4) is 0 Å². The fourth-order valence-corrected chi connectivity index (χ4v) is 2.41. The standard InChI is InChI=1S/C14H26N2O3/c1-3-8-15-14(18)12-6-4-9-16(11-12)10-5-7-13(17)19-2/h12H,3-11H2,1-2H3,(H,15,18). The molecular formula is C14H26N2O3. The summed E-state index contributed by atoms with van der Waals surface area (Å²) in [6.07, 6.45) is 4.27. The van der Waals surface area contributed by atoms with Crippen LogP contribution in [0.4, 0.5) is 0 Å². The number of piperidine rings is 1.